The molecule has 1 saturated carbocycles. The molecule has 0 bridgehead atoms. The highest BCUT2D eigenvalue weighted by Gasteiger charge is 2.25. The molecule has 6 heteroatoms. The minimum Gasteiger partial charge on any atom is -0.396 e. The molecule has 4 nitrogen and oxygen atoms in total. The summed E-state index contributed by atoms with van der Waals surface area (Å²) >= 11 is 7.28. The van der Waals surface area contributed by atoms with Gasteiger partial charge in [-0.25, -0.2) is 4.79 Å². The molecule has 1 fully saturated rings. The molecule has 0 radical (unpaired) electrons. The number of urea groups is 1. The first-order chi connectivity index (χ1) is 8.67. The largest absolute Gasteiger partial charge is 0.396 e. The Morgan fingerprint density at radius 2 is 2.33 bits per heavy atom. The third-order valence-corrected chi connectivity index (χ3v) is 4.42. The summed E-state index contributed by atoms with van der Waals surface area (Å²) in [4.78, 5) is 12.7. The molecule has 1 aromatic heterocycles. The second-order valence-electron chi connectivity index (χ2n) is 4.59. The fourth-order valence-electron chi connectivity index (χ4n) is 2.22. The van der Waals surface area contributed by atoms with E-state index in [4.69, 9.17) is 16.7 Å². The Balaban J connectivity index is 1.69. The van der Waals surface area contributed by atoms with E-state index in [2.05, 4.69) is 10.6 Å². The van der Waals surface area contributed by atoms with Crippen molar-refractivity contribution in [2.75, 3.05) is 6.61 Å². The molecule has 0 saturated heterocycles. The van der Waals surface area contributed by atoms with Crippen molar-refractivity contribution in [1.29, 1.82) is 0 Å². The van der Waals surface area contributed by atoms with Crippen LogP contribution in [0, 0.1) is 5.92 Å². The third-order valence-electron chi connectivity index (χ3n) is 3.19. The molecule has 18 heavy (non-hydrogen) atoms. The number of rotatable bonds is 4. The summed E-state index contributed by atoms with van der Waals surface area (Å²) in [6.45, 7) is 0.715. The van der Waals surface area contributed by atoms with E-state index in [1.165, 1.54) is 11.3 Å². The molecular weight excluding hydrogens is 272 g/mol. The van der Waals surface area contributed by atoms with E-state index in [1.807, 2.05) is 12.1 Å². The number of carbonyl (C=O) groups is 1. The minimum atomic E-state index is -0.150. The number of nitrogens with one attached hydrogen (secondary N) is 2. The van der Waals surface area contributed by atoms with Crippen LogP contribution in [0.5, 0.6) is 0 Å². The van der Waals surface area contributed by atoms with Crippen molar-refractivity contribution in [1.82, 2.24) is 10.6 Å². The fraction of sp³-hybridized carbons (Fsp3) is 0.583. The van der Waals surface area contributed by atoms with Gasteiger partial charge in [-0.15, -0.1) is 11.3 Å². The lowest BCUT2D eigenvalue weighted by Crippen LogP contribution is -2.40. The summed E-state index contributed by atoms with van der Waals surface area (Å²) in [7, 11) is 0. The minimum absolute atomic E-state index is 0.150. The average Bonchev–Trinajstić information content (AvgIpc) is 2.95. The van der Waals surface area contributed by atoms with Gasteiger partial charge in [-0.05, 0) is 37.3 Å². The molecule has 0 aromatic carbocycles. The molecule has 1 aromatic rings. The van der Waals surface area contributed by atoms with Gasteiger partial charge >= 0.3 is 6.03 Å². The van der Waals surface area contributed by atoms with Gasteiger partial charge in [0.25, 0.3) is 0 Å². The van der Waals surface area contributed by atoms with Crippen molar-refractivity contribution >= 4 is 29.0 Å². The number of aliphatic hydroxyl groups excluding tert-OH is 1. The Bertz CT molecular complexity index is 411. The topological polar surface area (TPSA) is 61.4 Å². The number of hydrogen-bond acceptors (Lipinski definition) is 3. The maximum atomic E-state index is 11.7. The van der Waals surface area contributed by atoms with E-state index in [9.17, 15) is 4.79 Å². The van der Waals surface area contributed by atoms with Gasteiger partial charge in [0, 0.05) is 17.5 Å². The van der Waals surface area contributed by atoms with E-state index < -0.39 is 0 Å². The Kier molecular flexibility index (Phi) is 4.86. The molecule has 2 amide bonds. The Hall–Kier alpha value is -0.780. The predicted molar refractivity (Wildman–Crippen MR) is 72.9 cm³/mol. The van der Waals surface area contributed by atoms with Gasteiger partial charge in [-0.2, -0.15) is 0 Å². The van der Waals surface area contributed by atoms with Gasteiger partial charge in [0.2, 0.25) is 0 Å². The highest BCUT2D eigenvalue weighted by atomic mass is 35.5. The zero-order valence-corrected chi connectivity index (χ0v) is 11.6. The van der Waals surface area contributed by atoms with Crippen LogP contribution in [0.4, 0.5) is 4.79 Å². The lowest BCUT2D eigenvalue weighted by Gasteiger charge is -2.13. The first-order valence-corrected chi connectivity index (χ1v) is 7.26. The van der Waals surface area contributed by atoms with Crippen LogP contribution in [0.15, 0.2) is 12.1 Å². The standard InChI is InChI=1S/C12H17ClN2O2S/c13-11-4-3-10(18-11)6-14-12(17)15-9-2-1-8(5-9)7-16/h3-4,8-9,16H,1-2,5-7H2,(H2,14,15,17)/t8-,9+/m1/s1. The number of carbonyl (C=O) groups excluding carboxylic acids is 1. The summed E-state index contributed by atoms with van der Waals surface area (Å²) < 4.78 is 0.730. The van der Waals surface area contributed by atoms with Gasteiger partial charge in [0.1, 0.15) is 0 Å². The van der Waals surface area contributed by atoms with Crippen molar-refractivity contribution in [2.24, 2.45) is 5.92 Å². The van der Waals surface area contributed by atoms with E-state index in [0.717, 1.165) is 28.5 Å². The molecule has 0 unspecified atom stereocenters. The number of amides is 2. The van der Waals surface area contributed by atoms with Gasteiger partial charge in [0.15, 0.2) is 0 Å². The van der Waals surface area contributed by atoms with E-state index in [0.29, 0.717) is 12.5 Å². The van der Waals surface area contributed by atoms with Crippen LogP contribution in [0.3, 0.4) is 0 Å². The molecule has 0 aliphatic heterocycles. The first-order valence-electron chi connectivity index (χ1n) is 6.07. The summed E-state index contributed by atoms with van der Waals surface area (Å²) in [6.07, 6.45) is 2.81. The van der Waals surface area contributed by atoms with Crippen LogP contribution in [0.1, 0.15) is 24.1 Å². The van der Waals surface area contributed by atoms with Crippen LogP contribution >= 0.6 is 22.9 Å². The predicted octanol–water partition coefficient (Wildman–Crippen LogP) is 2.36. The average molecular weight is 289 g/mol. The number of aliphatic hydroxyl groups is 1. The summed E-state index contributed by atoms with van der Waals surface area (Å²) in [5.74, 6) is 0.339. The zero-order valence-electron chi connectivity index (χ0n) is 9.99. The molecule has 2 atom stereocenters. The molecule has 1 aliphatic carbocycles. The van der Waals surface area contributed by atoms with Gasteiger partial charge in [0.05, 0.1) is 10.9 Å². The molecule has 0 spiro atoms. The lowest BCUT2D eigenvalue weighted by atomic mass is 10.1. The lowest BCUT2D eigenvalue weighted by molar-refractivity contribution is 0.223. The number of thiophene rings is 1. The van der Waals surface area contributed by atoms with Crippen molar-refractivity contribution in [3.8, 4) is 0 Å². The Labute approximate surface area is 115 Å². The van der Waals surface area contributed by atoms with Crippen LogP contribution in [0.2, 0.25) is 4.34 Å². The van der Waals surface area contributed by atoms with Crippen molar-refractivity contribution in [3.05, 3.63) is 21.3 Å². The summed E-state index contributed by atoms with van der Waals surface area (Å²) in [6, 6.07) is 3.77. The Morgan fingerprint density at radius 1 is 1.50 bits per heavy atom. The highest BCUT2D eigenvalue weighted by molar-refractivity contribution is 7.16. The van der Waals surface area contributed by atoms with Crippen LogP contribution in [0.25, 0.3) is 0 Å². The fourth-order valence-corrected chi connectivity index (χ4v) is 3.25. The highest BCUT2D eigenvalue weighted by Crippen LogP contribution is 2.24. The Morgan fingerprint density at radius 3 is 2.94 bits per heavy atom. The van der Waals surface area contributed by atoms with Gasteiger partial charge in [-0.1, -0.05) is 11.6 Å². The number of halogens is 1. The molecular formula is C12H17ClN2O2S. The quantitative estimate of drug-likeness (QED) is 0.796. The SMILES string of the molecule is O=C(NCc1ccc(Cl)s1)N[C@H]1CC[C@@H](CO)C1. The second-order valence-corrected chi connectivity index (χ2v) is 6.39. The maximum Gasteiger partial charge on any atom is 0.315 e. The first kappa shape index (κ1) is 13.6. The summed E-state index contributed by atoms with van der Waals surface area (Å²) in [5.41, 5.74) is 0. The second kappa shape index (κ2) is 6.41. The summed E-state index contributed by atoms with van der Waals surface area (Å²) in [5, 5.41) is 14.8. The van der Waals surface area contributed by atoms with Crippen molar-refractivity contribution < 1.29 is 9.90 Å². The van der Waals surface area contributed by atoms with Crippen LogP contribution in [-0.2, 0) is 6.54 Å². The maximum absolute atomic E-state index is 11.7. The van der Waals surface area contributed by atoms with Crippen molar-refractivity contribution in [3.63, 3.8) is 0 Å². The monoisotopic (exact) mass is 288 g/mol. The number of hydrogen-bond donors (Lipinski definition) is 3. The molecule has 3 N–H and O–H groups in total. The van der Waals surface area contributed by atoms with Gasteiger partial charge < -0.3 is 15.7 Å². The van der Waals surface area contributed by atoms with E-state index in [1.54, 1.807) is 0 Å². The third kappa shape index (κ3) is 3.86. The van der Waals surface area contributed by atoms with E-state index in [-0.39, 0.29) is 18.7 Å². The molecule has 1 heterocycles. The normalized spacial score (nSPS) is 23.0. The van der Waals surface area contributed by atoms with Crippen LogP contribution < -0.4 is 10.6 Å². The van der Waals surface area contributed by atoms with E-state index >= 15 is 0 Å². The van der Waals surface area contributed by atoms with Gasteiger partial charge in [-0.3, -0.25) is 0 Å². The molecule has 2 rings (SSSR count). The molecule has 1 aliphatic rings. The molecule has 100 valence electrons. The van der Waals surface area contributed by atoms with Crippen LogP contribution in [-0.4, -0.2) is 23.8 Å². The zero-order chi connectivity index (χ0) is 13.0. The van der Waals surface area contributed by atoms with Crippen molar-refractivity contribution in [2.45, 2.75) is 31.8 Å². The smallest absolute Gasteiger partial charge is 0.315 e.